The number of nitrogens with one attached hydrogen (secondary N) is 1. The van der Waals surface area contributed by atoms with Crippen LogP contribution in [0.25, 0.3) is 0 Å². The summed E-state index contributed by atoms with van der Waals surface area (Å²) in [5.74, 6) is 0. The van der Waals surface area contributed by atoms with Crippen molar-refractivity contribution in [2.75, 3.05) is 26.7 Å². The number of pyridine rings is 1. The monoisotopic (exact) mass is 279 g/mol. The van der Waals surface area contributed by atoms with Gasteiger partial charge in [-0.05, 0) is 46.0 Å². The molecule has 20 heavy (non-hydrogen) atoms. The van der Waals surface area contributed by atoms with Crippen LogP contribution < -0.4 is 5.32 Å². The molecule has 0 radical (unpaired) electrons. The van der Waals surface area contributed by atoms with E-state index >= 15 is 0 Å². The molecular weight excluding hydrogens is 250 g/mol. The number of aromatic nitrogens is 1. The standard InChI is InChI=1S/C16H29N3O/c1-5-9-17-12-15-7-6-8-16(18-15)13-19(4)10-11-20-14(2)3/h6-8,14,17H,5,9-13H2,1-4H3. The van der Waals surface area contributed by atoms with Gasteiger partial charge in [0.1, 0.15) is 0 Å². The Balaban J connectivity index is 2.36. The van der Waals surface area contributed by atoms with E-state index in [0.29, 0.717) is 6.10 Å². The highest BCUT2D eigenvalue weighted by Crippen LogP contribution is 2.03. The topological polar surface area (TPSA) is 37.4 Å². The van der Waals surface area contributed by atoms with Gasteiger partial charge in [0.2, 0.25) is 0 Å². The van der Waals surface area contributed by atoms with E-state index < -0.39 is 0 Å². The molecule has 0 aliphatic heterocycles. The lowest BCUT2D eigenvalue weighted by atomic mass is 10.3. The highest BCUT2D eigenvalue weighted by molar-refractivity contribution is 5.11. The van der Waals surface area contributed by atoms with Gasteiger partial charge in [-0.3, -0.25) is 9.88 Å². The second kappa shape index (κ2) is 9.86. The molecule has 0 saturated carbocycles. The first-order chi connectivity index (χ1) is 9.61. The summed E-state index contributed by atoms with van der Waals surface area (Å²) in [5, 5.41) is 3.38. The molecule has 0 spiro atoms. The van der Waals surface area contributed by atoms with Gasteiger partial charge >= 0.3 is 0 Å². The van der Waals surface area contributed by atoms with E-state index in [-0.39, 0.29) is 0 Å². The number of hydrogen-bond acceptors (Lipinski definition) is 4. The van der Waals surface area contributed by atoms with Crippen molar-refractivity contribution in [2.45, 2.75) is 46.4 Å². The van der Waals surface area contributed by atoms with Crippen molar-refractivity contribution in [1.29, 1.82) is 0 Å². The Kier molecular flexibility index (Phi) is 8.42. The SMILES string of the molecule is CCCNCc1cccc(CN(C)CCOC(C)C)n1. The van der Waals surface area contributed by atoms with Gasteiger partial charge in [0.15, 0.2) is 0 Å². The fourth-order valence-corrected chi connectivity index (χ4v) is 1.91. The molecular formula is C16H29N3O. The maximum atomic E-state index is 5.57. The molecule has 0 aliphatic carbocycles. The molecule has 1 aromatic rings. The average molecular weight is 279 g/mol. The van der Waals surface area contributed by atoms with Gasteiger partial charge in [0, 0.05) is 19.6 Å². The summed E-state index contributed by atoms with van der Waals surface area (Å²) >= 11 is 0. The maximum absolute atomic E-state index is 5.57. The lowest BCUT2D eigenvalue weighted by molar-refractivity contribution is 0.0625. The maximum Gasteiger partial charge on any atom is 0.0596 e. The van der Waals surface area contributed by atoms with Crippen molar-refractivity contribution >= 4 is 0 Å². The van der Waals surface area contributed by atoms with Crippen LogP contribution in [0.1, 0.15) is 38.6 Å². The lowest BCUT2D eigenvalue weighted by Gasteiger charge is -2.17. The third kappa shape index (κ3) is 7.58. The van der Waals surface area contributed by atoms with Crippen molar-refractivity contribution in [3.8, 4) is 0 Å². The third-order valence-electron chi connectivity index (χ3n) is 2.95. The minimum absolute atomic E-state index is 0.300. The van der Waals surface area contributed by atoms with Crippen LogP contribution in [0.2, 0.25) is 0 Å². The van der Waals surface area contributed by atoms with Gasteiger partial charge in [-0.15, -0.1) is 0 Å². The third-order valence-corrected chi connectivity index (χ3v) is 2.95. The molecule has 0 aromatic carbocycles. The van der Waals surface area contributed by atoms with Gasteiger partial charge in [-0.2, -0.15) is 0 Å². The first kappa shape index (κ1) is 17.1. The zero-order valence-corrected chi connectivity index (χ0v) is 13.4. The smallest absolute Gasteiger partial charge is 0.0596 e. The largest absolute Gasteiger partial charge is 0.377 e. The summed E-state index contributed by atoms with van der Waals surface area (Å²) < 4.78 is 5.57. The van der Waals surface area contributed by atoms with E-state index in [9.17, 15) is 0 Å². The van der Waals surface area contributed by atoms with Gasteiger partial charge in [-0.1, -0.05) is 13.0 Å². The Labute approximate surface area is 123 Å². The van der Waals surface area contributed by atoms with Crippen LogP contribution in [0.15, 0.2) is 18.2 Å². The molecule has 4 heteroatoms. The van der Waals surface area contributed by atoms with E-state index in [1.807, 2.05) is 0 Å². The van der Waals surface area contributed by atoms with Crippen LogP contribution in [0.5, 0.6) is 0 Å². The average Bonchev–Trinajstić information content (AvgIpc) is 2.39. The van der Waals surface area contributed by atoms with E-state index in [1.54, 1.807) is 0 Å². The molecule has 0 atom stereocenters. The quantitative estimate of drug-likeness (QED) is 0.668. The molecule has 114 valence electrons. The molecule has 1 heterocycles. The second-order valence-corrected chi connectivity index (χ2v) is 5.45. The van der Waals surface area contributed by atoms with E-state index in [1.165, 1.54) is 0 Å². The van der Waals surface area contributed by atoms with E-state index in [4.69, 9.17) is 4.74 Å². The van der Waals surface area contributed by atoms with Gasteiger partial charge in [0.05, 0.1) is 24.1 Å². The number of hydrogen-bond donors (Lipinski definition) is 1. The summed E-state index contributed by atoms with van der Waals surface area (Å²) in [4.78, 5) is 6.93. The van der Waals surface area contributed by atoms with Crippen LogP contribution >= 0.6 is 0 Å². The molecule has 0 unspecified atom stereocenters. The number of likely N-dealkylation sites (N-methyl/N-ethyl adjacent to an activating group) is 1. The van der Waals surface area contributed by atoms with Gasteiger partial charge in [0.25, 0.3) is 0 Å². The summed E-state index contributed by atoms with van der Waals surface area (Å²) in [5.41, 5.74) is 2.23. The lowest BCUT2D eigenvalue weighted by Crippen LogP contribution is -2.24. The van der Waals surface area contributed by atoms with Crippen LogP contribution in [0, 0.1) is 0 Å². The number of ether oxygens (including phenoxy) is 1. The summed E-state index contributed by atoms with van der Waals surface area (Å²) in [6.45, 7) is 10.8. The fraction of sp³-hybridized carbons (Fsp3) is 0.688. The second-order valence-electron chi connectivity index (χ2n) is 5.45. The minimum Gasteiger partial charge on any atom is -0.377 e. The predicted octanol–water partition coefficient (Wildman–Crippen LogP) is 2.44. The normalized spacial score (nSPS) is 11.5. The van der Waals surface area contributed by atoms with Crippen molar-refractivity contribution in [1.82, 2.24) is 15.2 Å². The van der Waals surface area contributed by atoms with Crippen molar-refractivity contribution in [3.05, 3.63) is 29.6 Å². The number of rotatable bonds is 10. The first-order valence-electron chi connectivity index (χ1n) is 7.57. The van der Waals surface area contributed by atoms with Crippen molar-refractivity contribution < 1.29 is 4.74 Å². The highest BCUT2D eigenvalue weighted by Gasteiger charge is 2.03. The molecule has 0 aliphatic rings. The Morgan fingerprint density at radius 3 is 2.75 bits per heavy atom. The molecule has 0 saturated heterocycles. The summed E-state index contributed by atoms with van der Waals surface area (Å²) in [6.07, 6.45) is 1.45. The van der Waals surface area contributed by atoms with Crippen LogP contribution in [0.4, 0.5) is 0 Å². The van der Waals surface area contributed by atoms with E-state index in [0.717, 1.165) is 50.6 Å². The van der Waals surface area contributed by atoms with Crippen LogP contribution in [-0.2, 0) is 17.8 Å². The highest BCUT2D eigenvalue weighted by atomic mass is 16.5. The Bertz CT molecular complexity index is 368. The Morgan fingerprint density at radius 1 is 1.30 bits per heavy atom. The number of nitrogens with zero attached hydrogens (tertiary/aromatic N) is 2. The molecule has 4 nitrogen and oxygen atoms in total. The zero-order valence-electron chi connectivity index (χ0n) is 13.4. The summed E-state index contributed by atoms with van der Waals surface area (Å²) in [7, 11) is 2.10. The zero-order chi connectivity index (χ0) is 14.8. The van der Waals surface area contributed by atoms with Gasteiger partial charge < -0.3 is 10.1 Å². The molecule has 1 N–H and O–H groups in total. The molecule has 0 fully saturated rings. The molecule has 1 aromatic heterocycles. The van der Waals surface area contributed by atoms with Gasteiger partial charge in [-0.25, -0.2) is 0 Å². The predicted molar refractivity (Wildman–Crippen MR) is 83.7 cm³/mol. The Hall–Kier alpha value is -0.970. The van der Waals surface area contributed by atoms with Crippen molar-refractivity contribution in [2.24, 2.45) is 0 Å². The fourth-order valence-electron chi connectivity index (χ4n) is 1.91. The first-order valence-corrected chi connectivity index (χ1v) is 7.57. The molecule has 1 rings (SSSR count). The van der Waals surface area contributed by atoms with Crippen LogP contribution in [-0.4, -0.2) is 42.7 Å². The molecule has 0 bridgehead atoms. The Morgan fingerprint density at radius 2 is 2.05 bits per heavy atom. The molecule has 0 amide bonds. The minimum atomic E-state index is 0.300. The van der Waals surface area contributed by atoms with Crippen molar-refractivity contribution in [3.63, 3.8) is 0 Å². The van der Waals surface area contributed by atoms with E-state index in [2.05, 4.69) is 61.2 Å². The van der Waals surface area contributed by atoms with Crippen LogP contribution in [0.3, 0.4) is 0 Å². The summed E-state index contributed by atoms with van der Waals surface area (Å²) in [6, 6.07) is 6.25.